The van der Waals surface area contributed by atoms with Gasteiger partial charge in [-0.1, -0.05) is 12.1 Å². The number of hydrogen-bond acceptors (Lipinski definition) is 3. The number of ether oxygens (including phenoxy) is 1. The van der Waals surface area contributed by atoms with Crippen molar-refractivity contribution in [3.8, 4) is 11.4 Å². The van der Waals surface area contributed by atoms with E-state index in [9.17, 15) is 13.6 Å². The first kappa shape index (κ1) is 16.3. The number of methoxy groups -OCH3 is 1. The van der Waals surface area contributed by atoms with Crippen LogP contribution in [0.4, 0.5) is 14.6 Å². The van der Waals surface area contributed by atoms with Crippen LogP contribution in [0.2, 0.25) is 0 Å². The smallest absolute Gasteiger partial charge is 0.226 e. The Morgan fingerprint density at radius 3 is 2.81 bits per heavy atom. The number of benzene rings is 2. The summed E-state index contributed by atoms with van der Waals surface area (Å²) in [6.45, 7) is 0. The number of amides is 1. The number of imidazole rings is 1. The molecule has 3 aromatic rings. The fourth-order valence-electron chi connectivity index (χ4n) is 3.17. The minimum absolute atomic E-state index is 0.118. The number of fused-ring (bicyclic) bond motifs is 1. The third kappa shape index (κ3) is 2.71. The molecule has 2 aromatic carbocycles. The van der Waals surface area contributed by atoms with E-state index in [1.165, 1.54) is 6.07 Å². The van der Waals surface area contributed by atoms with E-state index in [1.54, 1.807) is 18.0 Å². The van der Waals surface area contributed by atoms with Gasteiger partial charge < -0.3 is 10.1 Å². The third-order valence-corrected chi connectivity index (χ3v) is 4.45. The zero-order chi connectivity index (χ0) is 18.3. The molecule has 7 heteroatoms. The molecule has 1 aliphatic heterocycles. The maximum absolute atomic E-state index is 13.6. The van der Waals surface area contributed by atoms with E-state index in [2.05, 4.69) is 10.3 Å². The minimum Gasteiger partial charge on any atom is -0.497 e. The van der Waals surface area contributed by atoms with Crippen LogP contribution in [-0.4, -0.2) is 22.6 Å². The highest BCUT2D eigenvalue weighted by molar-refractivity contribution is 5.94. The van der Waals surface area contributed by atoms with E-state index in [1.807, 2.05) is 24.3 Å². The zero-order valence-electron chi connectivity index (χ0n) is 13.9. The SMILES string of the molecule is COc1cccc(-n2cnc3c2NC(=O)CC3c2ccc(F)c(F)c2)c1. The predicted octanol–water partition coefficient (Wildman–Crippen LogP) is 3.63. The van der Waals surface area contributed by atoms with Gasteiger partial charge in [0.05, 0.1) is 18.5 Å². The average Bonchev–Trinajstić information content (AvgIpc) is 3.07. The molecule has 0 aliphatic carbocycles. The lowest BCUT2D eigenvalue weighted by atomic mass is 9.89. The Kier molecular flexibility index (Phi) is 3.91. The third-order valence-electron chi connectivity index (χ3n) is 4.45. The maximum Gasteiger partial charge on any atom is 0.226 e. The molecule has 132 valence electrons. The number of carbonyl (C=O) groups excluding carboxylic acids is 1. The van der Waals surface area contributed by atoms with Gasteiger partial charge in [-0.3, -0.25) is 9.36 Å². The quantitative estimate of drug-likeness (QED) is 0.781. The Balaban J connectivity index is 1.81. The van der Waals surface area contributed by atoms with Gasteiger partial charge in [0.2, 0.25) is 5.91 Å². The molecule has 0 bridgehead atoms. The molecule has 5 nitrogen and oxygen atoms in total. The van der Waals surface area contributed by atoms with Crippen molar-refractivity contribution in [1.29, 1.82) is 0 Å². The van der Waals surface area contributed by atoms with Crippen LogP contribution < -0.4 is 10.1 Å². The molecule has 0 fully saturated rings. The largest absolute Gasteiger partial charge is 0.497 e. The molecule has 2 heterocycles. The first-order valence-corrected chi connectivity index (χ1v) is 8.03. The van der Waals surface area contributed by atoms with E-state index in [-0.39, 0.29) is 12.3 Å². The lowest BCUT2D eigenvalue weighted by molar-refractivity contribution is -0.116. The summed E-state index contributed by atoms with van der Waals surface area (Å²) in [7, 11) is 1.57. The fourth-order valence-corrected chi connectivity index (χ4v) is 3.17. The molecule has 4 rings (SSSR count). The number of aromatic nitrogens is 2. The van der Waals surface area contributed by atoms with Crippen LogP contribution in [0.3, 0.4) is 0 Å². The molecule has 1 atom stereocenters. The Morgan fingerprint density at radius 2 is 2.04 bits per heavy atom. The lowest BCUT2D eigenvalue weighted by Crippen LogP contribution is -2.25. The van der Waals surface area contributed by atoms with Crippen molar-refractivity contribution in [3.63, 3.8) is 0 Å². The summed E-state index contributed by atoms with van der Waals surface area (Å²) in [6, 6.07) is 11.0. The number of anilines is 1. The highest BCUT2D eigenvalue weighted by Crippen LogP contribution is 2.37. The molecule has 1 aromatic heterocycles. The van der Waals surface area contributed by atoms with Crippen LogP contribution in [-0.2, 0) is 4.79 Å². The summed E-state index contributed by atoms with van der Waals surface area (Å²) in [6.07, 6.45) is 1.71. The van der Waals surface area contributed by atoms with Crippen molar-refractivity contribution in [1.82, 2.24) is 9.55 Å². The number of nitrogens with zero attached hydrogens (tertiary/aromatic N) is 2. The number of nitrogens with one attached hydrogen (secondary N) is 1. The van der Waals surface area contributed by atoms with Crippen LogP contribution in [0.1, 0.15) is 23.6 Å². The van der Waals surface area contributed by atoms with Crippen molar-refractivity contribution in [2.45, 2.75) is 12.3 Å². The summed E-state index contributed by atoms with van der Waals surface area (Å²) in [4.78, 5) is 16.6. The summed E-state index contributed by atoms with van der Waals surface area (Å²) < 4.78 is 33.9. The highest BCUT2D eigenvalue weighted by atomic mass is 19.2. The monoisotopic (exact) mass is 355 g/mol. The second-order valence-corrected chi connectivity index (χ2v) is 6.03. The van der Waals surface area contributed by atoms with Crippen molar-refractivity contribution in [3.05, 3.63) is 71.7 Å². The van der Waals surface area contributed by atoms with Crippen LogP contribution in [0.15, 0.2) is 48.8 Å². The molecular formula is C19H15F2N3O2. The number of hydrogen-bond donors (Lipinski definition) is 1. The fraction of sp³-hybridized carbons (Fsp3) is 0.158. The molecule has 0 spiro atoms. The van der Waals surface area contributed by atoms with Crippen LogP contribution in [0.5, 0.6) is 5.75 Å². The van der Waals surface area contributed by atoms with Gasteiger partial charge in [-0.25, -0.2) is 13.8 Å². The van der Waals surface area contributed by atoms with Crippen molar-refractivity contribution in [2.75, 3.05) is 12.4 Å². The van der Waals surface area contributed by atoms with E-state index in [4.69, 9.17) is 4.74 Å². The second-order valence-electron chi connectivity index (χ2n) is 6.03. The first-order valence-electron chi connectivity index (χ1n) is 8.03. The van der Waals surface area contributed by atoms with E-state index >= 15 is 0 Å². The zero-order valence-corrected chi connectivity index (χ0v) is 13.9. The summed E-state index contributed by atoms with van der Waals surface area (Å²) in [5.74, 6) is -1.33. The van der Waals surface area contributed by atoms with Gasteiger partial charge in [0, 0.05) is 18.4 Å². The molecule has 0 radical (unpaired) electrons. The van der Waals surface area contributed by atoms with Crippen LogP contribution in [0.25, 0.3) is 5.69 Å². The molecular weight excluding hydrogens is 340 g/mol. The number of halogens is 2. The second kappa shape index (κ2) is 6.25. The van der Waals surface area contributed by atoms with E-state index in [0.717, 1.165) is 17.8 Å². The van der Waals surface area contributed by atoms with E-state index in [0.29, 0.717) is 22.8 Å². The summed E-state index contributed by atoms with van der Waals surface area (Å²) in [5.41, 5.74) is 1.89. The van der Waals surface area contributed by atoms with Crippen molar-refractivity contribution < 1.29 is 18.3 Å². The van der Waals surface area contributed by atoms with Gasteiger partial charge in [0.15, 0.2) is 11.6 Å². The number of carbonyl (C=O) groups is 1. The Bertz CT molecular complexity index is 1000. The molecule has 1 N–H and O–H groups in total. The topological polar surface area (TPSA) is 56.1 Å². The lowest BCUT2D eigenvalue weighted by Gasteiger charge is -2.23. The molecule has 26 heavy (non-hydrogen) atoms. The van der Waals surface area contributed by atoms with Crippen molar-refractivity contribution >= 4 is 11.7 Å². The van der Waals surface area contributed by atoms with Gasteiger partial charge in [0.1, 0.15) is 17.9 Å². The van der Waals surface area contributed by atoms with Crippen molar-refractivity contribution in [2.24, 2.45) is 0 Å². The van der Waals surface area contributed by atoms with Gasteiger partial charge in [-0.05, 0) is 29.8 Å². The van der Waals surface area contributed by atoms with Gasteiger partial charge >= 0.3 is 0 Å². The van der Waals surface area contributed by atoms with Crippen LogP contribution in [0, 0.1) is 11.6 Å². The minimum atomic E-state index is -0.942. The summed E-state index contributed by atoms with van der Waals surface area (Å²) >= 11 is 0. The number of rotatable bonds is 3. The highest BCUT2D eigenvalue weighted by Gasteiger charge is 2.31. The average molecular weight is 355 g/mol. The van der Waals surface area contributed by atoms with Gasteiger partial charge in [-0.15, -0.1) is 0 Å². The molecule has 0 saturated heterocycles. The molecule has 0 saturated carbocycles. The molecule has 1 amide bonds. The Labute approximate surface area is 148 Å². The molecule has 1 aliphatic rings. The predicted molar refractivity (Wildman–Crippen MR) is 91.6 cm³/mol. The Hall–Kier alpha value is -3.22. The maximum atomic E-state index is 13.6. The van der Waals surface area contributed by atoms with Crippen LogP contribution >= 0.6 is 0 Å². The summed E-state index contributed by atoms with van der Waals surface area (Å²) in [5, 5.41) is 2.82. The van der Waals surface area contributed by atoms with Gasteiger partial charge in [0.25, 0.3) is 0 Å². The van der Waals surface area contributed by atoms with Gasteiger partial charge in [-0.2, -0.15) is 0 Å². The standard InChI is InChI=1S/C19H15F2N3O2/c1-26-13-4-2-3-12(8-13)24-10-22-18-14(9-17(25)23-19(18)24)11-5-6-15(20)16(21)7-11/h2-8,10,14H,9H2,1H3,(H,23,25). The Morgan fingerprint density at radius 1 is 1.19 bits per heavy atom. The van der Waals surface area contributed by atoms with E-state index < -0.39 is 17.6 Å². The molecule has 1 unspecified atom stereocenters. The first-order chi connectivity index (χ1) is 12.6. The normalized spacial score (nSPS) is 16.1.